The Balaban J connectivity index is 2.04. The zero-order valence-electron chi connectivity index (χ0n) is 14.4. The predicted octanol–water partition coefficient (Wildman–Crippen LogP) is 1.04. The van der Waals surface area contributed by atoms with Crippen LogP contribution in [0, 0.1) is 0 Å². The number of nitrogens with zero attached hydrogens (tertiary/aromatic N) is 3. The Bertz CT molecular complexity index is 658. The van der Waals surface area contributed by atoms with Gasteiger partial charge in [0.25, 0.3) is 16.1 Å². The zero-order valence-corrected chi connectivity index (χ0v) is 15.3. The number of rotatable bonds is 5. The molecule has 1 heterocycles. The van der Waals surface area contributed by atoms with E-state index in [9.17, 15) is 13.2 Å². The maximum atomic E-state index is 12.6. The predicted molar refractivity (Wildman–Crippen MR) is 92.3 cm³/mol. The first kappa shape index (κ1) is 18.7. The van der Waals surface area contributed by atoms with E-state index in [1.807, 2.05) is 6.92 Å². The average Bonchev–Trinajstić information content (AvgIpc) is 2.81. The maximum absolute atomic E-state index is 12.6. The molecule has 134 valence electrons. The van der Waals surface area contributed by atoms with E-state index in [4.69, 9.17) is 4.74 Å². The van der Waals surface area contributed by atoms with Crippen molar-refractivity contribution in [2.75, 3.05) is 46.9 Å². The third-order valence-corrected chi connectivity index (χ3v) is 5.88. The van der Waals surface area contributed by atoms with Crippen LogP contribution in [0.15, 0.2) is 24.3 Å². The highest BCUT2D eigenvalue weighted by atomic mass is 32.2. The number of ether oxygens (including phenoxy) is 1. The topological polar surface area (TPSA) is 70.2 Å². The fourth-order valence-corrected chi connectivity index (χ4v) is 3.74. The molecule has 2 rings (SSSR count). The van der Waals surface area contributed by atoms with Crippen LogP contribution in [0.1, 0.15) is 23.7 Å². The number of hydrogen-bond acceptors (Lipinski definition) is 4. The molecule has 0 aliphatic carbocycles. The second kappa shape index (κ2) is 7.96. The molecular weight excluding hydrogens is 330 g/mol. The van der Waals surface area contributed by atoms with Crippen LogP contribution in [0.25, 0.3) is 0 Å². The summed E-state index contributed by atoms with van der Waals surface area (Å²) in [5.74, 6) is 0.648. The molecule has 1 aromatic carbocycles. The summed E-state index contributed by atoms with van der Waals surface area (Å²) < 4.78 is 32.4. The zero-order chi connectivity index (χ0) is 17.7. The van der Waals surface area contributed by atoms with Crippen LogP contribution >= 0.6 is 0 Å². The van der Waals surface area contributed by atoms with Gasteiger partial charge in [0.1, 0.15) is 5.75 Å². The van der Waals surface area contributed by atoms with Crippen LogP contribution < -0.4 is 4.74 Å². The highest BCUT2D eigenvalue weighted by Gasteiger charge is 2.28. The van der Waals surface area contributed by atoms with Gasteiger partial charge in [0.2, 0.25) is 0 Å². The second-order valence-electron chi connectivity index (χ2n) is 5.79. The van der Waals surface area contributed by atoms with Crippen LogP contribution in [0.3, 0.4) is 0 Å². The molecule has 1 aromatic rings. The quantitative estimate of drug-likeness (QED) is 0.791. The van der Waals surface area contributed by atoms with Crippen molar-refractivity contribution >= 4 is 16.1 Å². The Kier molecular flexibility index (Phi) is 6.20. The first-order valence-electron chi connectivity index (χ1n) is 8.06. The Hall–Kier alpha value is -1.64. The van der Waals surface area contributed by atoms with Gasteiger partial charge in [0, 0.05) is 45.8 Å². The van der Waals surface area contributed by atoms with Crippen LogP contribution in [0.4, 0.5) is 0 Å². The molecular formula is C16H25N3O4S. The summed E-state index contributed by atoms with van der Waals surface area (Å²) >= 11 is 0. The molecule has 1 aliphatic rings. The Morgan fingerprint density at radius 2 is 1.79 bits per heavy atom. The van der Waals surface area contributed by atoms with Gasteiger partial charge in [-0.25, -0.2) is 0 Å². The van der Waals surface area contributed by atoms with Gasteiger partial charge in [-0.1, -0.05) is 0 Å². The minimum Gasteiger partial charge on any atom is -0.494 e. The molecule has 0 N–H and O–H groups in total. The van der Waals surface area contributed by atoms with Gasteiger partial charge >= 0.3 is 0 Å². The lowest BCUT2D eigenvalue weighted by Crippen LogP contribution is -2.42. The molecule has 0 unspecified atom stereocenters. The molecule has 1 saturated heterocycles. The fraction of sp³-hybridized carbons (Fsp3) is 0.562. The van der Waals surface area contributed by atoms with Crippen molar-refractivity contribution in [2.45, 2.75) is 13.3 Å². The normalized spacial score (nSPS) is 16.9. The van der Waals surface area contributed by atoms with E-state index < -0.39 is 10.2 Å². The fourth-order valence-electron chi connectivity index (χ4n) is 2.60. The van der Waals surface area contributed by atoms with Gasteiger partial charge < -0.3 is 9.64 Å². The third kappa shape index (κ3) is 4.25. The summed E-state index contributed by atoms with van der Waals surface area (Å²) in [6, 6.07) is 7.04. The summed E-state index contributed by atoms with van der Waals surface area (Å²) in [5.41, 5.74) is 0.586. The summed E-state index contributed by atoms with van der Waals surface area (Å²) in [6.45, 7) is 4.15. The van der Waals surface area contributed by atoms with Crippen molar-refractivity contribution in [1.29, 1.82) is 0 Å². The number of carbonyl (C=O) groups is 1. The lowest BCUT2D eigenvalue weighted by molar-refractivity contribution is 0.0764. The molecule has 0 saturated carbocycles. The van der Waals surface area contributed by atoms with E-state index in [1.165, 1.54) is 22.7 Å². The van der Waals surface area contributed by atoms with E-state index in [2.05, 4.69) is 0 Å². The van der Waals surface area contributed by atoms with E-state index in [0.717, 1.165) is 5.75 Å². The Labute approximate surface area is 144 Å². The molecule has 1 aliphatic heterocycles. The van der Waals surface area contributed by atoms with Crippen molar-refractivity contribution < 1.29 is 17.9 Å². The smallest absolute Gasteiger partial charge is 0.281 e. The Morgan fingerprint density at radius 3 is 2.38 bits per heavy atom. The van der Waals surface area contributed by atoms with Crippen molar-refractivity contribution in [3.63, 3.8) is 0 Å². The van der Waals surface area contributed by atoms with Crippen LogP contribution in [0.5, 0.6) is 5.75 Å². The van der Waals surface area contributed by atoms with E-state index >= 15 is 0 Å². The molecule has 1 fully saturated rings. The van der Waals surface area contributed by atoms with Crippen molar-refractivity contribution in [3.8, 4) is 5.75 Å². The second-order valence-corrected chi connectivity index (χ2v) is 7.93. The SMILES string of the molecule is CCOc1ccc(C(=O)N2CCCN(S(=O)(=O)N(C)C)CC2)cc1. The molecule has 7 nitrogen and oxygen atoms in total. The van der Waals surface area contributed by atoms with Crippen molar-refractivity contribution in [2.24, 2.45) is 0 Å². The summed E-state index contributed by atoms with van der Waals surface area (Å²) in [5, 5.41) is 0. The summed E-state index contributed by atoms with van der Waals surface area (Å²) in [7, 11) is -0.403. The summed E-state index contributed by atoms with van der Waals surface area (Å²) in [6.07, 6.45) is 0.621. The monoisotopic (exact) mass is 355 g/mol. The minimum absolute atomic E-state index is 0.0813. The molecule has 0 atom stereocenters. The van der Waals surface area contributed by atoms with Gasteiger partial charge in [-0.05, 0) is 37.6 Å². The number of carbonyl (C=O) groups excluding carboxylic acids is 1. The standard InChI is InChI=1S/C16H25N3O4S/c1-4-23-15-8-6-14(7-9-15)16(20)18-10-5-11-19(13-12-18)24(21,22)17(2)3/h6-9H,4-5,10-13H2,1-3H3. The molecule has 0 aromatic heterocycles. The molecule has 1 amide bonds. The van der Waals surface area contributed by atoms with Gasteiger partial charge in [-0.2, -0.15) is 17.0 Å². The van der Waals surface area contributed by atoms with Crippen LogP contribution in [0.2, 0.25) is 0 Å². The van der Waals surface area contributed by atoms with Gasteiger partial charge in [0.05, 0.1) is 6.61 Å². The van der Waals surface area contributed by atoms with Gasteiger partial charge in [-0.3, -0.25) is 4.79 Å². The molecule has 24 heavy (non-hydrogen) atoms. The van der Waals surface area contributed by atoms with Crippen LogP contribution in [-0.2, 0) is 10.2 Å². The Morgan fingerprint density at radius 1 is 1.12 bits per heavy atom. The number of hydrogen-bond donors (Lipinski definition) is 0. The average molecular weight is 355 g/mol. The molecule has 0 radical (unpaired) electrons. The maximum Gasteiger partial charge on any atom is 0.281 e. The third-order valence-electron chi connectivity index (χ3n) is 3.94. The largest absolute Gasteiger partial charge is 0.494 e. The van der Waals surface area contributed by atoms with E-state index in [-0.39, 0.29) is 5.91 Å². The first-order chi connectivity index (χ1) is 11.4. The lowest BCUT2D eigenvalue weighted by Gasteiger charge is -2.24. The number of amides is 1. The highest BCUT2D eigenvalue weighted by molar-refractivity contribution is 7.86. The minimum atomic E-state index is -3.44. The van der Waals surface area contributed by atoms with Crippen molar-refractivity contribution in [3.05, 3.63) is 29.8 Å². The number of benzene rings is 1. The van der Waals surface area contributed by atoms with Gasteiger partial charge in [-0.15, -0.1) is 0 Å². The lowest BCUT2D eigenvalue weighted by atomic mass is 10.2. The summed E-state index contributed by atoms with van der Waals surface area (Å²) in [4.78, 5) is 14.3. The molecule has 0 bridgehead atoms. The molecule has 8 heteroatoms. The first-order valence-corrected chi connectivity index (χ1v) is 9.45. The van der Waals surface area contributed by atoms with E-state index in [0.29, 0.717) is 44.8 Å². The van der Waals surface area contributed by atoms with Crippen LogP contribution in [-0.4, -0.2) is 74.7 Å². The molecule has 0 spiro atoms. The van der Waals surface area contributed by atoms with E-state index in [1.54, 1.807) is 29.2 Å². The van der Waals surface area contributed by atoms with Crippen molar-refractivity contribution in [1.82, 2.24) is 13.5 Å². The van der Waals surface area contributed by atoms with Gasteiger partial charge in [0.15, 0.2) is 0 Å². The highest BCUT2D eigenvalue weighted by Crippen LogP contribution is 2.16.